The Labute approximate surface area is 218 Å². The fourth-order valence-electron chi connectivity index (χ4n) is 3.48. The number of ether oxygens (including phenoxy) is 1. The summed E-state index contributed by atoms with van der Waals surface area (Å²) in [6, 6.07) is 13.3. The standard InChI is InChI=1S/C23H19N7O2.C2HF3O2/c1-15-5-7-16(8-6-15)30-18(9-11-26-30)21-28-20(19-14-24-12-13-29(19)21)22(31)27-17-4-3-10-25-23(17)32-2;3-2(4,5)1(6)7/h3-14H,1-2H3,(H,27,31);(H,6,7). The number of alkyl halides is 3. The zero-order chi connectivity index (χ0) is 28.2. The van der Waals surface area contributed by atoms with Crippen molar-refractivity contribution in [2.45, 2.75) is 13.1 Å². The van der Waals surface area contributed by atoms with Gasteiger partial charge < -0.3 is 15.2 Å². The highest BCUT2D eigenvalue weighted by Crippen LogP contribution is 2.26. The molecule has 0 aliphatic heterocycles. The van der Waals surface area contributed by atoms with Gasteiger partial charge in [0.25, 0.3) is 5.91 Å². The van der Waals surface area contributed by atoms with E-state index in [9.17, 15) is 18.0 Å². The van der Waals surface area contributed by atoms with Gasteiger partial charge in [-0.25, -0.2) is 19.4 Å². The monoisotopic (exact) mass is 539 g/mol. The summed E-state index contributed by atoms with van der Waals surface area (Å²) in [5, 5.41) is 14.4. The molecule has 0 radical (unpaired) electrons. The SMILES string of the molecule is COc1ncccc1NC(=O)c1nc(-c2ccnn2-c2ccc(C)cc2)n2ccncc12.O=C(O)C(F)(F)F. The average molecular weight is 539 g/mol. The third-order valence-corrected chi connectivity index (χ3v) is 5.27. The molecule has 14 heteroatoms. The van der Waals surface area contributed by atoms with Gasteiger partial charge in [-0.05, 0) is 37.3 Å². The number of anilines is 1. The van der Waals surface area contributed by atoms with Crippen LogP contribution in [0.25, 0.3) is 22.7 Å². The quantitative estimate of drug-likeness (QED) is 0.340. The van der Waals surface area contributed by atoms with Crippen LogP contribution in [0.1, 0.15) is 16.1 Å². The summed E-state index contributed by atoms with van der Waals surface area (Å²) in [4.78, 5) is 35.0. The van der Waals surface area contributed by atoms with Crippen LogP contribution in [-0.4, -0.2) is 59.4 Å². The van der Waals surface area contributed by atoms with Crippen molar-refractivity contribution >= 4 is 23.1 Å². The molecule has 1 aromatic carbocycles. The van der Waals surface area contributed by atoms with Gasteiger partial charge in [-0.2, -0.15) is 18.3 Å². The van der Waals surface area contributed by atoms with Crippen molar-refractivity contribution in [2.24, 2.45) is 0 Å². The van der Waals surface area contributed by atoms with Crippen molar-refractivity contribution in [3.05, 3.63) is 84.7 Å². The van der Waals surface area contributed by atoms with Crippen LogP contribution < -0.4 is 10.1 Å². The number of halogens is 3. The number of hydrogen-bond acceptors (Lipinski definition) is 7. The number of fused-ring (bicyclic) bond motifs is 1. The normalized spacial score (nSPS) is 11.0. The summed E-state index contributed by atoms with van der Waals surface area (Å²) in [5.74, 6) is -2.26. The van der Waals surface area contributed by atoms with Crippen LogP contribution in [0.4, 0.5) is 18.9 Å². The van der Waals surface area contributed by atoms with Gasteiger partial charge in [-0.3, -0.25) is 14.2 Å². The van der Waals surface area contributed by atoms with Crippen LogP contribution in [0.3, 0.4) is 0 Å². The smallest absolute Gasteiger partial charge is 0.480 e. The summed E-state index contributed by atoms with van der Waals surface area (Å²) in [5.41, 5.74) is 4.05. The number of nitrogens with one attached hydrogen (secondary N) is 1. The van der Waals surface area contributed by atoms with Gasteiger partial charge in [0, 0.05) is 18.6 Å². The van der Waals surface area contributed by atoms with Crippen molar-refractivity contribution in [1.29, 1.82) is 0 Å². The predicted octanol–water partition coefficient (Wildman–Crippen LogP) is 4.18. The molecular weight excluding hydrogens is 519 g/mol. The molecule has 0 aliphatic carbocycles. The summed E-state index contributed by atoms with van der Waals surface area (Å²) in [6.45, 7) is 2.03. The maximum atomic E-state index is 13.2. The number of carboxylic acids is 1. The lowest BCUT2D eigenvalue weighted by Crippen LogP contribution is -2.21. The number of carbonyl (C=O) groups excluding carboxylic acids is 1. The van der Waals surface area contributed by atoms with E-state index in [1.807, 2.05) is 41.7 Å². The third-order valence-electron chi connectivity index (χ3n) is 5.27. The van der Waals surface area contributed by atoms with Crippen molar-refractivity contribution < 1.29 is 32.6 Å². The largest absolute Gasteiger partial charge is 0.490 e. The first-order valence-electron chi connectivity index (χ1n) is 11.1. The van der Waals surface area contributed by atoms with Crippen LogP contribution in [0.2, 0.25) is 0 Å². The molecule has 0 atom stereocenters. The van der Waals surface area contributed by atoms with E-state index in [0.717, 1.165) is 16.9 Å². The Hall–Kier alpha value is -5.27. The fraction of sp³-hybridized carbons (Fsp3) is 0.120. The van der Waals surface area contributed by atoms with Crippen molar-refractivity contribution in [3.63, 3.8) is 0 Å². The van der Waals surface area contributed by atoms with E-state index < -0.39 is 18.1 Å². The predicted molar refractivity (Wildman–Crippen MR) is 133 cm³/mol. The lowest BCUT2D eigenvalue weighted by Gasteiger charge is -2.07. The number of nitrogens with zero attached hydrogens (tertiary/aromatic N) is 6. The number of aryl methyl sites for hydroxylation is 1. The second-order valence-electron chi connectivity index (χ2n) is 7.90. The van der Waals surface area contributed by atoms with Gasteiger partial charge in [-0.1, -0.05) is 17.7 Å². The Morgan fingerprint density at radius 1 is 1.05 bits per heavy atom. The number of methoxy groups -OCH3 is 1. The second kappa shape index (κ2) is 11.0. The second-order valence-corrected chi connectivity index (χ2v) is 7.90. The van der Waals surface area contributed by atoms with Gasteiger partial charge in [0.05, 0.1) is 30.7 Å². The number of aromatic nitrogens is 6. The minimum absolute atomic E-state index is 0.232. The molecule has 0 saturated carbocycles. The maximum Gasteiger partial charge on any atom is 0.490 e. The highest BCUT2D eigenvalue weighted by molar-refractivity contribution is 6.08. The van der Waals surface area contributed by atoms with Gasteiger partial charge in [0.2, 0.25) is 5.88 Å². The Morgan fingerprint density at radius 3 is 2.44 bits per heavy atom. The van der Waals surface area contributed by atoms with E-state index in [4.69, 9.17) is 14.6 Å². The minimum atomic E-state index is -5.08. The van der Waals surface area contributed by atoms with Crippen LogP contribution >= 0.6 is 0 Å². The Morgan fingerprint density at radius 2 is 1.77 bits per heavy atom. The van der Waals surface area contributed by atoms with E-state index >= 15 is 0 Å². The average Bonchev–Trinajstić information content (AvgIpc) is 3.54. The molecule has 4 heterocycles. The van der Waals surface area contributed by atoms with Gasteiger partial charge in [0.15, 0.2) is 11.5 Å². The first-order valence-corrected chi connectivity index (χ1v) is 11.1. The number of carboxylic acid groups (broad SMARTS) is 1. The van der Waals surface area contributed by atoms with Gasteiger partial charge in [0.1, 0.15) is 11.4 Å². The van der Waals surface area contributed by atoms with Gasteiger partial charge in [-0.15, -0.1) is 0 Å². The number of hydrogen-bond donors (Lipinski definition) is 2. The fourth-order valence-corrected chi connectivity index (χ4v) is 3.48. The van der Waals surface area contributed by atoms with Crippen molar-refractivity contribution in [3.8, 4) is 23.1 Å². The molecule has 0 aliphatic rings. The topological polar surface area (TPSA) is 137 Å². The van der Waals surface area contributed by atoms with E-state index in [-0.39, 0.29) is 5.69 Å². The molecule has 11 nitrogen and oxygen atoms in total. The zero-order valence-corrected chi connectivity index (χ0v) is 20.4. The van der Waals surface area contributed by atoms with Crippen molar-refractivity contribution in [1.82, 2.24) is 29.1 Å². The number of amides is 1. The first kappa shape index (κ1) is 26.8. The highest BCUT2D eigenvalue weighted by Gasteiger charge is 2.38. The molecule has 0 spiro atoms. The van der Waals surface area contributed by atoms with Crippen LogP contribution in [0, 0.1) is 6.92 Å². The Balaban J connectivity index is 0.000000448. The first-order chi connectivity index (χ1) is 18.6. The summed E-state index contributed by atoms with van der Waals surface area (Å²) < 4.78 is 40.6. The highest BCUT2D eigenvalue weighted by atomic mass is 19.4. The van der Waals surface area contributed by atoms with Crippen LogP contribution in [0.5, 0.6) is 5.88 Å². The number of benzene rings is 1. The summed E-state index contributed by atoms with van der Waals surface area (Å²) in [7, 11) is 1.50. The Bertz CT molecular complexity index is 1630. The van der Waals surface area contributed by atoms with Crippen molar-refractivity contribution in [2.75, 3.05) is 12.4 Å². The molecule has 2 N–H and O–H groups in total. The number of rotatable bonds is 5. The minimum Gasteiger partial charge on any atom is -0.480 e. The van der Waals surface area contributed by atoms with Gasteiger partial charge >= 0.3 is 12.1 Å². The lowest BCUT2D eigenvalue weighted by molar-refractivity contribution is -0.192. The Kier molecular flexibility index (Phi) is 7.56. The van der Waals surface area contributed by atoms with E-state index in [2.05, 4.69) is 25.4 Å². The molecule has 0 fully saturated rings. The molecule has 39 heavy (non-hydrogen) atoms. The lowest BCUT2D eigenvalue weighted by atomic mass is 10.2. The number of aliphatic carboxylic acids is 1. The van der Waals surface area contributed by atoms with Crippen LogP contribution in [0.15, 0.2) is 73.4 Å². The third kappa shape index (κ3) is 5.84. The number of pyridine rings is 1. The van der Waals surface area contributed by atoms with E-state index in [1.165, 1.54) is 7.11 Å². The zero-order valence-electron chi connectivity index (χ0n) is 20.4. The molecule has 200 valence electrons. The molecule has 0 bridgehead atoms. The molecule has 5 aromatic rings. The molecular formula is C25H20F3N7O4. The molecule has 4 aromatic heterocycles. The molecule has 0 saturated heterocycles. The summed E-state index contributed by atoms with van der Waals surface area (Å²) in [6.07, 6.45) is 3.24. The van der Waals surface area contributed by atoms with E-state index in [1.54, 1.807) is 47.8 Å². The molecule has 1 amide bonds. The molecule has 0 unspecified atom stereocenters. The number of imidazole rings is 1. The maximum absolute atomic E-state index is 13.2. The number of carbonyl (C=O) groups is 2. The molecule has 5 rings (SSSR count). The summed E-state index contributed by atoms with van der Waals surface area (Å²) >= 11 is 0. The van der Waals surface area contributed by atoms with E-state index in [0.29, 0.717) is 22.9 Å². The van der Waals surface area contributed by atoms with Crippen LogP contribution in [-0.2, 0) is 4.79 Å².